The van der Waals surface area contributed by atoms with Gasteiger partial charge >= 0.3 is 5.97 Å². The van der Waals surface area contributed by atoms with Gasteiger partial charge < -0.3 is 63.4 Å². The normalized spacial score (nSPS) is 18.4. The minimum atomic E-state index is -1.61. The maximum atomic E-state index is 13.1. The van der Waals surface area contributed by atoms with Crippen molar-refractivity contribution in [3.63, 3.8) is 0 Å². The number of carbonyl (C=O) groups excluding carboxylic acids is 6. The number of nitrogens with zero attached hydrogens (tertiary/aromatic N) is 1. The summed E-state index contributed by atoms with van der Waals surface area (Å²) in [6.07, 6.45) is 0.137. The van der Waals surface area contributed by atoms with Gasteiger partial charge in [-0.15, -0.1) is 0 Å². The highest BCUT2D eigenvalue weighted by Gasteiger charge is 2.36. The number of nitrogens with two attached hydrogens (primary N) is 2. The van der Waals surface area contributed by atoms with E-state index in [1.165, 1.54) is 18.7 Å². The number of nitrogens with one attached hydrogen (secondary N) is 5. The van der Waals surface area contributed by atoms with Crippen LogP contribution < -0.4 is 38.1 Å². The lowest BCUT2D eigenvalue weighted by Crippen LogP contribution is -2.61. The Balaban J connectivity index is 2.93. The summed E-state index contributed by atoms with van der Waals surface area (Å²) < 4.78 is 0. The third-order valence-corrected chi connectivity index (χ3v) is 6.96. The monoisotopic (exact) mass is 646 g/mol. The highest BCUT2D eigenvalue weighted by molar-refractivity contribution is 5.96. The van der Waals surface area contributed by atoms with Crippen LogP contribution in [-0.2, 0) is 33.6 Å². The van der Waals surface area contributed by atoms with Crippen LogP contribution in [0.2, 0.25) is 0 Å². The first-order chi connectivity index (χ1) is 21.2. The van der Waals surface area contributed by atoms with Gasteiger partial charge in [-0.25, -0.2) is 4.79 Å². The lowest BCUT2D eigenvalue weighted by atomic mass is 10.1. The maximum absolute atomic E-state index is 13.1. The smallest absolute Gasteiger partial charge is 0.328 e. The molecule has 1 aliphatic rings. The molecular weight excluding hydrogens is 600 g/mol. The maximum Gasteiger partial charge on any atom is 0.328 e. The van der Waals surface area contributed by atoms with Crippen LogP contribution in [-0.4, -0.2) is 142 Å². The number of likely N-dealkylation sites (tertiary alicyclic amines) is 1. The fourth-order valence-electron chi connectivity index (χ4n) is 4.36. The van der Waals surface area contributed by atoms with Crippen LogP contribution in [0.5, 0.6) is 0 Å². The molecular formula is C26H46N8O11. The first-order valence-corrected chi connectivity index (χ1v) is 14.5. The predicted molar refractivity (Wildman–Crippen MR) is 156 cm³/mol. The summed E-state index contributed by atoms with van der Waals surface area (Å²) in [6.45, 7) is 0.757. The first-order valence-electron chi connectivity index (χ1n) is 14.5. The molecule has 1 aliphatic heterocycles. The Kier molecular flexibility index (Phi) is 16.9. The van der Waals surface area contributed by atoms with Crippen molar-refractivity contribution in [1.82, 2.24) is 31.5 Å². The van der Waals surface area contributed by atoms with Gasteiger partial charge in [0.1, 0.15) is 30.2 Å². The fourth-order valence-corrected chi connectivity index (χ4v) is 4.36. The number of aliphatic hydroxyl groups is 3. The summed E-state index contributed by atoms with van der Waals surface area (Å²) in [5, 5.41) is 49.4. The number of hydrogen-bond donors (Lipinski definition) is 11. The SMILES string of the molecule is C[C@H](N)C(=O)N[C@@H](CO)C(=O)N[C@H](C(=O)N[C@@H](CCCCN)C(=O)NCC(=O)N1CCC[C@H]1C(=O)N[C@@H](CO)C(=O)O)[C@@H](C)O. The molecule has 0 radical (unpaired) electrons. The molecule has 0 aromatic carbocycles. The molecule has 45 heavy (non-hydrogen) atoms. The molecule has 1 fully saturated rings. The number of hydrogen-bond acceptors (Lipinski definition) is 12. The van der Waals surface area contributed by atoms with Crippen LogP contribution in [0.15, 0.2) is 0 Å². The number of carbonyl (C=O) groups is 7. The summed E-state index contributed by atoms with van der Waals surface area (Å²) in [4.78, 5) is 88.5. The van der Waals surface area contributed by atoms with Crippen molar-refractivity contribution in [2.75, 3.05) is 32.8 Å². The molecule has 0 aromatic rings. The molecule has 13 N–H and O–H groups in total. The van der Waals surface area contributed by atoms with Gasteiger partial charge in [-0.2, -0.15) is 0 Å². The van der Waals surface area contributed by atoms with Gasteiger partial charge in [0.25, 0.3) is 0 Å². The highest BCUT2D eigenvalue weighted by atomic mass is 16.4. The molecule has 19 heteroatoms. The molecule has 0 aliphatic carbocycles. The molecule has 1 saturated heterocycles. The van der Waals surface area contributed by atoms with E-state index in [1.807, 2.05) is 0 Å². The zero-order chi connectivity index (χ0) is 34.3. The Morgan fingerprint density at radius 2 is 1.47 bits per heavy atom. The summed E-state index contributed by atoms with van der Waals surface area (Å²) in [6, 6.07) is -7.89. The van der Waals surface area contributed by atoms with E-state index < -0.39 is 104 Å². The number of unbranched alkanes of at least 4 members (excludes halogenated alkanes) is 1. The van der Waals surface area contributed by atoms with Crippen LogP contribution >= 0.6 is 0 Å². The zero-order valence-corrected chi connectivity index (χ0v) is 25.4. The molecule has 0 aromatic heterocycles. The van der Waals surface area contributed by atoms with Gasteiger partial charge in [-0.05, 0) is 52.5 Å². The molecule has 256 valence electrons. The van der Waals surface area contributed by atoms with E-state index in [4.69, 9.17) is 21.7 Å². The largest absolute Gasteiger partial charge is 0.480 e. The van der Waals surface area contributed by atoms with Crippen molar-refractivity contribution in [3.05, 3.63) is 0 Å². The third-order valence-electron chi connectivity index (χ3n) is 6.96. The standard InChI is InChI=1S/C26H46N8O11/c1-13(28)21(39)31-16(11-35)23(41)33-20(14(2)37)25(43)30-15(6-3-4-8-27)22(40)29-10-19(38)34-9-5-7-18(34)24(42)32-17(12-36)26(44)45/h13-18,20,35-37H,3-12,27-28H2,1-2H3,(H,29,40)(H,30,43)(H,31,39)(H,32,42)(H,33,41)(H,44,45)/t13-,14+,15-,16-,17-,18-,20-/m0/s1. The summed E-state index contributed by atoms with van der Waals surface area (Å²) in [5.74, 6) is -6.37. The Bertz CT molecular complexity index is 1060. The third kappa shape index (κ3) is 12.5. The minimum Gasteiger partial charge on any atom is -0.480 e. The molecule has 1 heterocycles. The molecule has 0 bridgehead atoms. The summed E-state index contributed by atoms with van der Waals surface area (Å²) in [5.41, 5.74) is 11.0. The first kappa shape index (κ1) is 39.1. The second-order valence-electron chi connectivity index (χ2n) is 10.6. The van der Waals surface area contributed by atoms with Crippen molar-refractivity contribution in [1.29, 1.82) is 0 Å². The Labute approximate surface area is 259 Å². The zero-order valence-electron chi connectivity index (χ0n) is 25.4. The van der Waals surface area contributed by atoms with Crippen molar-refractivity contribution in [3.8, 4) is 0 Å². The highest BCUT2D eigenvalue weighted by Crippen LogP contribution is 2.17. The van der Waals surface area contributed by atoms with E-state index in [2.05, 4.69) is 26.6 Å². The van der Waals surface area contributed by atoms with E-state index in [0.717, 1.165) is 0 Å². The van der Waals surface area contributed by atoms with Crippen molar-refractivity contribution in [2.24, 2.45) is 11.5 Å². The average Bonchev–Trinajstić information content (AvgIpc) is 3.49. The van der Waals surface area contributed by atoms with Crippen LogP contribution in [0.4, 0.5) is 0 Å². The molecule has 0 spiro atoms. The van der Waals surface area contributed by atoms with E-state index in [-0.39, 0.29) is 19.4 Å². The Hall–Kier alpha value is -3.91. The van der Waals surface area contributed by atoms with Crippen molar-refractivity contribution in [2.45, 2.75) is 88.3 Å². The molecule has 0 unspecified atom stereocenters. The van der Waals surface area contributed by atoms with Crippen molar-refractivity contribution >= 4 is 41.4 Å². The van der Waals surface area contributed by atoms with Gasteiger partial charge in [-0.1, -0.05) is 0 Å². The molecule has 1 rings (SSSR count). The number of carboxylic acid groups (broad SMARTS) is 1. The quantitative estimate of drug-likeness (QED) is 0.0583. The lowest BCUT2D eigenvalue weighted by molar-refractivity contribution is -0.145. The van der Waals surface area contributed by atoms with E-state index in [1.54, 1.807) is 0 Å². The van der Waals surface area contributed by atoms with Gasteiger partial charge in [0.15, 0.2) is 0 Å². The van der Waals surface area contributed by atoms with Crippen LogP contribution in [0.25, 0.3) is 0 Å². The number of aliphatic carboxylic acids is 1. The Morgan fingerprint density at radius 1 is 0.844 bits per heavy atom. The van der Waals surface area contributed by atoms with Crippen molar-refractivity contribution < 1.29 is 54.0 Å². The topological polar surface area (TPSA) is 316 Å². The molecule has 19 nitrogen and oxygen atoms in total. The van der Waals surface area contributed by atoms with Gasteiger partial charge in [0, 0.05) is 6.54 Å². The van der Waals surface area contributed by atoms with E-state index in [9.17, 15) is 43.8 Å². The molecule has 6 amide bonds. The van der Waals surface area contributed by atoms with E-state index >= 15 is 0 Å². The fraction of sp³-hybridized carbons (Fsp3) is 0.731. The predicted octanol–water partition coefficient (Wildman–Crippen LogP) is -6.04. The second kappa shape index (κ2) is 19.5. The van der Waals surface area contributed by atoms with Gasteiger partial charge in [0.2, 0.25) is 35.4 Å². The number of carboxylic acids is 1. The minimum absolute atomic E-state index is 0.0691. The van der Waals surface area contributed by atoms with E-state index in [0.29, 0.717) is 25.8 Å². The number of rotatable bonds is 19. The van der Waals surface area contributed by atoms with Gasteiger partial charge in [-0.3, -0.25) is 28.8 Å². The van der Waals surface area contributed by atoms with Crippen LogP contribution in [0.1, 0.15) is 46.0 Å². The number of aliphatic hydroxyl groups excluding tert-OH is 3. The summed E-state index contributed by atoms with van der Waals surface area (Å²) >= 11 is 0. The Morgan fingerprint density at radius 3 is 2.00 bits per heavy atom. The second-order valence-corrected chi connectivity index (χ2v) is 10.6. The molecule has 0 saturated carbocycles. The summed E-state index contributed by atoms with van der Waals surface area (Å²) in [7, 11) is 0. The average molecular weight is 647 g/mol. The van der Waals surface area contributed by atoms with Crippen LogP contribution in [0.3, 0.4) is 0 Å². The molecule has 7 atom stereocenters. The number of amides is 6. The lowest BCUT2D eigenvalue weighted by Gasteiger charge is -2.27. The van der Waals surface area contributed by atoms with Gasteiger partial charge in [0.05, 0.1) is 31.9 Å². The van der Waals surface area contributed by atoms with Crippen LogP contribution in [0, 0.1) is 0 Å².